The fraction of sp³-hybridized carbons (Fsp3) is 0.421. The van der Waals surface area contributed by atoms with Gasteiger partial charge in [-0.25, -0.2) is 8.42 Å². The van der Waals surface area contributed by atoms with E-state index in [0.717, 1.165) is 23.3 Å². The first-order valence-corrected chi connectivity index (χ1v) is 11.1. The van der Waals surface area contributed by atoms with Gasteiger partial charge in [-0.1, -0.05) is 23.8 Å². The van der Waals surface area contributed by atoms with Crippen molar-refractivity contribution in [2.45, 2.75) is 35.7 Å². The highest BCUT2D eigenvalue weighted by Gasteiger charge is 2.53. The number of thioether (sulfide) groups is 1. The van der Waals surface area contributed by atoms with Crippen LogP contribution in [0.1, 0.15) is 17.5 Å². The van der Waals surface area contributed by atoms with E-state index >= 15 is 0 Å². The normalized spacial score (nSPS) is 22.4. The van der Waals surface area contributed by atoms with E-state index in [-0.39, 0.29) is 10.9 Å². The predicted octanol–water partition coefficient (Wildman–Crippen LogP) is 2.86. The Balaban J connectivity index is 1.33. The van der Waals surface area contributed by atoms with Crippen molar-refractivity contribution in [1.82, 2.24) is 9.29 Å². The van der Waals surface area contributed by atoms with E-state index in [1.165, 1.54) is 0 Å². The topological polar surface area (TPSA) is 59.5 Å². The molecule has 26 heavy (non-hydrogen) atoms. The van der Waals surface area contributed by atoms with E-state index in [1.54, 1.807) is 22.6 Å². The molecule has 7 heteroatoms. The minimum atomic E-state index is -3.38. The average Bonchev–Trinajstić information content (AvgIpc) is 3.05. The van der Waals surface area contributed by atoms with Gasteiger partial charge in [-0.05, 0) is 37.1 Å². The van der Waals surface area contributed by atoms with Gasteiger partial charge in [-0.3, -0.25) is 4.98 Å². The van der Waals surface area contributed by atoms with Gasteiger partial charge in [0.15, 0.2) is 0 Å². The third-order valence-electron chi connectivity index (χ3n) is 4.97. The molecule has 4 rings (SSSR count). The number of aryl methyl sites for hydroxylation is 1. The van der Waals surface area contributed by atoms with Crippen LogP contribution in [-0.4, -0.2) is 47.4 Å². The minimum absolute atomic E-state index is 0.0113. The van der Waals surface area contributed by atoms with Gasteiger partial charge >= 0.3 is 0 Å². The van der Waals surface area contributed by atoms with Gasteiger partial charge in [0.05, 0.1) is 17.6 Å². The van der Waals surface area contributed by atoms with Crippen LogP contribution in [0.5, 0.6) is 0 Å². The SMILES string of the molecule is Cc1ccc(S(=O)(=O)N2CC3(C[C@@H](OCc4cccnc4)CS3)C2)cc1. The Morgan fingerprint density at radius 2 is 2.04 bits per heavy atom. The molecule has 0 amide bonds. The zero-order valence-electron chi connectivity index (χ0n) is 14.7. The molecular formula is C19H22N2O3S2. The number of aromatic nitrogens is 1. The van der Waals surface area contributed by atoms with E-state index in [4.69, 9.17) is 4.74 Å². The van der Waals surface area contributed by atoms with Crippen molar-refractivity contribution in [3.05, 3.63) is 59.9 Å². The molecule has 0 bridgehead atoms. The number of benzene rings is 1. The molecule has 0 radical (unpaired) electrons. The summed E-state index contributed by atoms with van der Waals surface area (Å²) in [5.41, 5.74) is 2.12. The molecular weight excluding hydrogens is 368 g/mol. The maximum Gasteiger partial charge on any atom is 0.243 e. The van der Waals surface area contributed by atoms with Gasteiger partial charge in [0, 0.05) is 36.0 Å². The smallest absolute Gasteiger partial charge is 0.243 e. The molecule has 2 aromatic rings. The monoisotopic (exact) mass is 390 g/mol. The predicted molar refractivity (Wildman–Crippen MR) is 103 cm³/mol. The summed E-state index contributed by atoms with van der Waals surface area (Å²) in [6.07, 6.45) is 4.64. The quantitative estimate of drug-likeness (QED) is 0.786. The van der Waals surface area contributed by atoms with Crippen LogP contribution in [0.15, 0.2) is 53.7 Å². The highest BCUT2D eigenvalue weighted by molar-refractivity contribution is 8.01. The Labute approximate surface area is 158 Å². The van der Waals surface area contributed by atoms with Crippen LogP contribution in [0, 0.1) is 6.92 Å². The molecule has 2 saturated heterocycles. The zero-order chi connectivity index (χ0) is 18.2. The molecule has 1 spiro atoms. The van der Waals surface area contributed by atoms with Crippen molar-refractivity contribution in [1.29, 1.82) is 0 Å². The van der Waals surface area contributed by atoms with Crippen molar-refractivity contribution in [3.63, 3.8) is 0 Å². The van der Waals surface area contributed by atoms with Gasteiger partial charge in [0.2, 0.25) is 10.0 Å². The third kappa shape index (κ3) is 3.53. The van der Waals surface area contributed by atoms with Crippen molar-refractivity contribution >= 4 is 21.8 Å². The Hall–Kier alpha value is -1.41. The molecule has 1 aromatic heterocycles. The number of nitrogens with zero attached hydrogens (tertiary/aromatic N) is 2. The van der Waals surface area contributed by atoms with E-state index in [1.807, 2.05) is 49.1 Å². The summed E-state index contributed by atoms with van der Waals surface area (Å²) in [7, 11) is -3.38. The lowest BCUT2D eigenvalue weighted by molar-refractivity contribution is 0.0396. The number of ether oxygens (including phenoxy) is 1. The van der Waals surface area contributed by atoms with Gasteiger partial charge < -0.3 is 4.74 Å². The summed E-state index contributed by atoms with van der Waals surface area (Å²) in [6.45, 7) is 3.65. The summed E-state index contributed by atoms with van der Waals surface area (Å²) >= 11 is 1.85. The van der Waals surface area contributed by atoms with Crippen molar-refractivity contribution < 1.29 is 13.2 Å². The number of hydrogen-bond donors (Lipinski definition) is 0. The average molecular weight is 391 g/mol. The van der Waals surface area contributed by atoms with E-state index < -0.39 is 10.0 Å². The molecule has 1 aromatic carbocycles. The van der Waals surface area contributed by atoms with Crippen molar-refractivity contribution in [2.24, 2.45) is 0 Å². The zero-order valence-corrected chi connectivity index (χ0v) is 16.3. The molecule has 0 unspecified atom stereocenters. The molecule has 0 aliphatic carbocycles. The van der Waals surface area contributed by atoms with Crippen LogP contribution in [0.3, 0.4) is 0 Å². The standard InChI is InChI=1S/C19H22N2O3S2/c1-15-4-6-18(7-5-15)26(22,23)21-13-19(14-21)9-17(12-25-19)24-11-16-3-2-8-20-10-16/h2-8,10,17H,9,11-14H2,1H3/t17-/m1/s1. The van der Waals surface area contributed by atoms with Crippen LogP contribution >= 0.6 is 11.8 Å². The van der Waals surface area contributed by atoms with Crippen LogP contribution in [-0.2, 0) is 21.4 Å². The van der Waals surface area contributed by atoms with Gasteiger partial charge in [0.1, 0.15) is 0 Å². The third-order valence-corrected chi connectivity index (χ3v) is 8.35. The Kier molecular flexibility index (Phi) is 4.81. The summed E-state index contributed by atoms with van der Waals surface area (Å²) < 4.78 is 33.1. The molecule has 5 nitrogen and oxygen atoms in total. The fourth-order valence-corrected chi connectivity index (χ4v) is 6.78. The Bertz CT molecular complexity index is 863. The lowest BCUT2D eigenvalue weighted by Gasteiger charge is -2.46. The largest absolute Gasteiger partial charge is 0.373 e. The number of sulfonamides is 1. The fourth-order valence-electron chi connectivity index (χ4n) is 3.45. The lowest BCUT2D eigenvalue weighted by atomic mass is 9.95. The molecule has 0 N–H and O–H groups in total. The van der Waals surface area contributed by atoms with Crippen LogP contribution < -0.4 is 0 Å². The molecule has 2 aliphatic heterocycles. The van der Waals surface area contributed by atoms with E-state index in [9.17, 15) is 8.42 Å². The first-order chi connectivity index (χ1) is 12.5. The van der Waals surface area contributed by atoms with E-state index in [2.05, 4.69) is 4.98 Å². The number of hydrogen-bond acceptors (Lipinski definition) is 5. The first kappa shape index (κ1) is 18.0. The summed E-state index contributed by atoms with van der Waals surface area (Å²) in [4.78, 5) is 4.48. The first-order valence-electron chi connectivity index (χ1n) is 8.68. The maximum absolute atomic E-state index is 12.7. The lowest BCUT2D eigenvalue weighted by Crippen LogP contribution is -2.60. The molecule has 2 fully saturated rings. The van der Waals surface area contributed by atoms with Crippen LogP contribution in [0.4, 0.5) is 0 Å². The maximum atomic E-state index is 12.7. The van der Waals surface area contributed by atoms with Gasteiger partial charge in [-0.15, -0.1) is 11.8 Å². The molecule has 138 valence electrons. The highest BCUT2D eigenvalue weighted by atomic mass is 32.2. The summed E-state index contributed by atoms with van der Waals surface area (Å²) in [5.74, 6) is 0.915. The molecule has 0 saturated carbocycles. The second kappa shape index (κ2) is 6.96. The second-order valence-electron chi connectivity index (χ2n) is 7.08. The van der Waals surface area contributed by atoms with Crippen LogP contribution in [0.25, 0.3) is 0 Å². The Morgan fingerprint density at radius 3 is 2.73 bits per heavy atom. The number of pyridine rings is 1. The molecule has 2 aliphatic rings. The minimum Gasteiger partial charge on any atom is -0.373 e. The van der Waals surface area contributed by atoms with Crippen LogP contribution in [0.2, 0.25) is 0 Å². The number of rotatable bonds is 5. The van der Waals surface area contributed by atoms with Crippen molar-refractivity contribution in [2.75, 3.05) is 18.8 Å². The highest BCUT2D eigenvalue weighted by Crippen LogP contribution is 2.47. The summed E-state index contributed by atoms with van der Waals surface area (Å²) in [5, 5.41) is 0. The summed E-state index contributed by atoms with van der Waals surface area (Å²) in [6, 6.07) is 11.0. The van der Waals surface area contributed by atoms with Gasteiger partial charge in [-0.2, -0.15) is 4.31 Å². The molecule has 3 heterocycles. The van der Waals surface area contributed by atoms with Crippen molar-refractivity contribution in [3.8, 4) is 0 Å². The second-order valence-corrected chi connectivity index (χ2v) is 10.5. The molecule has 1 atom stereocenters. The van der Waals surface area contributed by atoms with E-state index in [0.29, 0.717) is 24.6 Å². The van der Waals surface area contributed by atoms with Gasteiger partial charge in [0.25, 0.3) is 0 Å². The Morgan fingerprint density at radius 1 is 1.27 bits per heavy atom.